The number of hydrogen-bond donors (Lipinski definition) is 4. The van der Waals surface area contributed by atoms with Gasteiger partial charge in [0.15, 0.2) is 0 Å². The van der Waals surface area contributed by atoms with Crippen LogP contribution in [-0.4, -0.2) is 58.1 Å². The second kappa shape index (κ2) is 20.1. The third-order valence-electron chi connectivity index (χ3n) is 5.46. The number of aliphatic hydroxyl groups is 4. The first-order valence-corrected chi connectivity index (χ1v) is 11.8. The van der Waals surface area contributed by atoms with E-state index in [4.69, 9.17) is 4.74 Å². The monoisotopic (exact) mass is 404 g/mol. The third kappa shape index (κ3) is 14.7. The molecule has 0 saturated carbocycles. The van der Waals surface area contributed by atoms with Crippen molar-refractivity contribution in [3.63, 3.8) is 0 Å². The summed E-state index contributed by atoms with van der Waals surface area (Å²) in [4.78, 5) is 0. The Morgan fingerprint density at radius 2 is 1.07 bits per heavy atom. The summed E-state index contributed by atoms with van der Waals surface area (Å²) < 4.78 is 5.66. The van der Waals surface area contributed by atoms with Crippen molar-refractivity contribution in [1.29, 1.82) is 0 Å². The second-order valence-electron chi connectivity index (χ2n) is 8.17. The van der Waals surface area contributed by atoms with E-state index in [-0.39, 0.29) is 0 Å². The molecule has 0 aromatic carbocycles. The van der Waals surface area contributed by atoms with Gasteiger partial charge in [-0.2, -0.15) is 0 Å². The van der Waals surface area contributed by atoms with Gasteiger partial charge in [0.1, 0.15) is 18.3 Å². The van der Waals surface area contributed by atoms with Crippen molar-refractivity contribution in [2.75, 3.05) is 13.2 Å². The zero-order chi connectivity index (χ0) is 21.0. The van der Waals surface area contributed by atoms with Crippen LogP contribution >= 0.6 is 0 Å². The van der Waals surface area contributed by atoms with Crippen molar-refractivity contribution in [2.24, 2.45) is 0 Å². The highest BCUT2D eigenvalue weighted by Gasteiger charge is 2.32. The van der Waals surface area contributed by atoms with Crippen molar-refractivity contribution in [3.8, 4) is 0 Å². The molecule has 4 unspecified atom stereocenters. The molecule has 0 aliphatic rings. The molecule has 0 amide bonds. The van der Waals surface area contributed by atoms with Crippen molar-refractivity contribution >= 4 is 0 Å². The standard InChI is InChI=1S/C23H48O5/c1-3-5-7-9-11-13-15-17-20(25)22(27)23(21(26)19-24)28-18-16-14-12-10-8-6-4-2/h20-27H,3-19H2,1-2H3. The average Bonchev–Trinajstić information content (AvgIpc) is 2.70. The smallest absolute Gasteiger partial charge is 0.114 e. The number of aliphatic hydroxyl groups excluding tert-OH is 4. The summed E-state index contributed by atoms with van der Waals surface area (Å²) in [5.74, 6) is 0. The first-order valence-electron chi connectivity index (χ1n) is 11.8. The summed E-state index contributed by atoms with van der Waals surface area (Å²) in [7, 11) is 0. The van der Waals surface area contributed by atoms with E-state index < -0.39 is 31.0 Å². The van der Waals surface area contributed by atoms with E-state index in [0.717, 1.165) is 32.1 Å². The molecule has 5 nitrogen and oxygen atoms in total. The van der Waals surface area contributed by atoms with Gasteiger partial charge < -0.3 is 25.2 Å². The molecule has 0 spiro atoms. The van der Waals surface area contributed by atoms with Crippen LogP contribution in [0.25, 0.3) is 0 Å². The average molecular weight is 405 g/mol. The molecule has 5 heteroatoms. The Labute approximate surface area is 173 Å². The van der Waals surface area contributed by atoms with E-state index in [1.807, 2.05) is 0 Å². The molecule has 0 bridgehead atoms. The van der Waals surface area contributed by atoms with E-state index >= 15 is 0 Å². The SMILES string of the molecule is CCCCCCCCCOC(C(O)CO)C(O)C(O)CCCCCCCCC. The van der Waals surface area contributed by atoms with Crippen LogP contribution in [0.4, 0.5) is 0 Å². The van der Waals surface area contributed by atoms with Gasteiger partial charge in [-0.15, -0.1) is 0 Å². The fraction of sp³-hybridized carbons (Fsp3) is 1.00. The van der Waals surface area contributed by atoms with Gasteiger partial charge in [0, 0.05) is 6.61 Å². The topological polar surface area (TPSA) is 90.2 Å². The van der Waals surface area contributed by atoms with E-state index in [9.17, 15) is 20.4 Å². The molecule has 0 aromatic heterocycles. The normalized spacial score (nSPS) is 16.1. The summed E-state index contributed by atoms with van der Waals surface area (Å²) in [6.07, 6.45) is 12.4. The maximum absolute atomic E-state index is 10.4. The van der Waals surface area contributed by atoms with Crippen LogP contribution in [-0.2, 0) is 4.74 Å². The number of hydrogen-bond acceptors (Lipinski definition) is 5. The minimum absolute atomic E-state index is 0.427. The number of rotatable bonds is 21. The molecule has 0 heterocycles. The molecule has 0 aromatic rings. The predicted molar refractivity (Wildman–Crippen MR) is 115 cm³/mol. The maximum atomic E-state index is 10.4. The lowest BCUT2D eigenvalue weighted by Crippen LogP contribution is -2.47. The van der Waals surface area contributed by atoms with Crippen molar-refractivity contribution in [3.05, 3.63) is 0 Å². The zero-order valence-corrected chi connectivity index (χ0v) is 18.5. The van der Waals surface area contributed by atoms with Gasteiger partial charge in [0.05, 0.1) is 12.7 Å². The minimum Gasteiger partial charge on any atom is -0.394 e. The largest absolute Gasteiger partial charge is 0.394 e. The molecule has 0 fully saturated rings. The Hall–Kier alpha value is -0.200. The van der Waals surface area contributed by atoms with Crippen LogP contribution in [0.5, 0.6) is 0 Å². The minimum atomic E-state index is -1.18. The lowest BCUT2D eigenvalue weighted by Gasteiger charge is -2.30. The van der Waals surface area contributed by atoms with Crippen molar-refractivity contribution < 1.29 is 25.2 Å². The van der Waals surface area contributed by atoms with Gasteiger partial charge >= 0.3 is 0 Å². The van der Waals surface area contributed by atoms with E-state index in [1.54, 1.807) is 0 Å². The summed E-state index contributed by atoms with van der Waals surface area (Å²) in [5.41, 5.74) is 0. The quantitative estimate of drug-likeness (QED) is 0.214. The van der Waals surface area contributed by atoms with E-state index in [1.165, 1.54) is 57.8 Å². The molecule has 0 aliphatic carbocycles. The molecule has 4 atom stereocenters. The highest BCUT2D eigenvalue weighted by molar-refractivity contribution is 4.82. The Morgan fingerprint density at radius 1 is 0.607 bits per heavy atom. The molecule has 0 rings (SSSR count). The summed E-state index contributed by atoms with van der Waals surface area (Å²) >= 11 is 0. The predicted octanol–water partition coefficient (Wildman–Crippen LogP) is 4.34. The molecule has 170 valence electrons. The number of ether oxygens (including phenoxy) is 1. The number of unbranched alkanes of at least 4 members (excludes halogenated alkanes) is 12. The van der Waals surface area contributed by atoms with Gasteiger partial charge in [0.2, 0.25) is 0 Å². The highest BCUT2D eigenvalue weighted by Crippen LogP contribution is 2.17. The molecule has 0 radical (unpaired) electrons. The Bertz CT molecular complexity index is 313. The van der Waals surface area contributed by atoms with Crippen LogP contribution in [0.2, 0.25) is 0 Å². The van der Waals surface area contributed by atoms with Gasteiger partial charge in [-0.25, -0.2) is 0 Å². The lowest BCUT2D eigenvalue weighted by molar-refractivity contribution is -0.144. The van der Waals surface area contributed by atoms with Crippen molar-refractivity contribution in [1.82, 2.24) is 0 Å². The second-order valence-corrected chi connectivity index (χ2v) is 8.17. The third-order valence-corrected chi connectivity index (χ3v) is 5.46. The molecule has 4 N–H and O–H groups in total. The first-order chi connectivity index (χ1) is 13.6. The van der Waals surface area contributed by atoms with Gasteiger partial charge in [-0.05, 0) is 12.8 Å². The van der Waals surface area contributed by atoms with Gasteiger partial charge in [0.25, 0.3) is 0 Å². The van der Waals surface area contributed by atoms with Gasteiger partial charge in [-0.3, -0.25) is 0 Å². The maximum Gasteiger partial charge on any atom is 0.114 e. The van der Waals surface area contributed by atoms with Gasteiger partial charge in [-0.1, -0.05) is 97.3 Å². The van der Waals surface area contributed by atoms with Crippen molar-refractivity contribution in [2.45, 2.75) is 135 Å². The van der Waals surface area contributed by atoms with Crippen LogP contribution in [0, 0.1) is 0 Å². The van der Waals surface area contributed by atoms with Crippen LogP contribution in [0.3, 0.4) is 0 Å². The Kier molecular flexibility index (Phi) is 19.9. The summed E-state index contributed by atoms with van der Waals surface area (Å²) in [6, 6.07) is 0. The fourth-order valence-corrected chi connectivity index (χ4v) is 3.52. The van der Waals surface area contributed by atoms with E-state index in [2.05, 4.69) is 13.8 Å². The summed E-state index contributed by atoms with van der Waals surface area (Å²) in [6.45, 7) is 4.35. The van der Waals surface area contributed by atoms with E-state index in [0.29, 0.717) is 13.0 Å². The lowest BCUT2D eigenvalue weighted by atomic mass is 9.98. The Morgan fingerprint density at radius 3 is 1.57 bits per heavy atom. The molecule has 0 aliphatic heterocycles. The first kappa shape index (κ1) is 27.8. The van der Waals surface area contributed by atoms with Crippen LogP contribution < -0.4 is 0 Å². The summed E-state index contributed by atoms with van der Waals surface area (Å²) in [5, 5.41) is 39.9. The Balaban J connectivity index is 4.04. The highest BCUT2D eigenvalue weighted by atomic mass is 16.5. The molecular formula is C23H48O5. The molecule has 0 saturated heterocycles. The van der Waals surface area contributed by atoms with Crippen LogP contribution in [0.15, 0.2) is 0 Å². The molecule has 28 heavy (non-hydrogen) atoms. The molecular weight excluding hydrogens is 356 g/mol. The fourth-order valence-electron chi connectivity index (χ4n) is 3.52. The zero-order valence-electron chi connectivity index (χ0n) is 18.5. The van der Waals surface area contributed by atoms with Crippen LogP contribution in [0.1, 0.15) is 110 Å².